The predicted molar refractivity (Wildman–Crippen MR) is 88.0 cm³/mol. The number of halogens is 4. The average Bonchev–Trinajstić information content (AvgIpc) is 2.49. The van der Waals surface area contributed by atoms with Gasteiger partial charge in [-0.15, -0.1) is 12.4 Å². The van der Waals surface area contributed by atoms with Crippen LogP contribution in [0, 0.1) is 6.92 Å². The molecular formula is C17H19ClF3NO2. The van der Waals surface area contributed by atoms with Crippen LogP contribution in [0.3, 0.4) is 0 Å². The van der Waals surface area contributed by atoms with Gasteiger partial charge in [0.1, 0.15) is 5.75 Å². The molecule has 0 aromatic heterocycles. The van der Waals surface area contributed by atoms with Gasteiger partial charge >= 0.3 is 6.18 Å². The van der Waals surface area contributed by atoms with E-state index in [4.69, 9.17) is 4.84 Å². The van der Waals surface area contributed by atoms with Crippen LogP contribution in [0.2, 0.25) is 0 Å². The third kappa shape index (κ3) is 6.03. The maximum atomic E-state index is 12.6. The summed E-state index contributed by atoms with van der Waals surface area (Å²) in [6.45, 7) is 2.38. The van der Waals surface area contributed by atoms with E-state index in [9.17, 15) is 18.3 Å². The second kappa shape index (κ2) is 8.92. The second-order valence-electron chi connectivity index (χ2n) is 5.24. The van der Waals surface area contributed by atoms with Crippen molar-refractivity contribution in [1.82, 2.24) is 5.48 Å². The third-order valence-electron chi connectivity index (χ3n) is 3.45. The summed E-state index contributed by atoms with van der Waals surface area (Å²) in [6, 6.07) is 10.5. The summed E-state index contributed by atoms with van der Waals surface area (Å²) in [6.07, 6.45) is -3.61. The van der Waals surface area contributed by atoms with E-state index in [-0.39, 0.29) is 24.8 Å². The molecule has 0 amide bonds. The molecule has 0 radical (unpaired) electrons. The van der Waals surface area contributed by atoms with Gasteiger partial charge in [0, 0.05) is 6.54 Å². The number of hydrogen-bond acceptors (Lipinski definition) is 3. The molecular weight excluding hydrogens is 343 g/mol. The van der Waals surface area contributed by atoms with Crippen molar-refractivity contribution in [2.24, 2.45) is 0 Å². The zero-order valence-electron chi connectivity index (χ0n) is 13.1. The molecule has 0 heterocycles. The Bertz CT molecular complexity index is 645. The van der Waals surface area contributed by atoms with Gasteiger partial charge in [-0.05, 0) is 54.3 Å². The van der Waals surface area contributed by atoms with E-state index >= 15 is 0 Å². The van der Waals surface area contributed by atoms with Crippen molar-refractivity contribution in [2.45, 2.75) is 26.1 Å². The summed E-state index contributed by atoms with van der Waals surface area (Å²) in [5.41, 5.74) is 4.42. The minimum Gasteiger partial charge on any atom is -0.508 e. The van der Waals surface area contributed by atoms with Gasteiger partial charge in [0.25, 0.3) is 0 Å². The molecule has 2 rings (SSSR count). The van der Waals surface area contributed by atoms with Crippen LogP contribution in [-0.4, -0.2) is 11.7 Å². The summed E-state index contributed by atoms with van der Waals surface area (Å²) in [5.74, 6) is 0.218. The van der Waals surface area contributed by atoms with E-state index in [1.54, 1.807) is 19.1 Å². The largest absolute Gasteiger partial charge is 0.508 e. The lowest BCUT2D eigenvalue weighted by Gasteiger charge is -2.11. The Morgan fingerprint density at radius 2 is 1.75 bits per heavy atom. The van der Waals surface area contributed by atoms with Crippen LogP contribution >= 0.6 is 12.4 Å². The quantitative estimate of drug-likeness (QED) is 0.591. The van der Waals surface area contributed by atoms with E-state index in [0.717, 1.165) is 17.7 Å². The highest BCUT2D eigenvalue weighted by atomic mass is 35.5. The molecule has 132 valence electrons. The highest BCUT2D eigenvalue weighted by Gasteiger charge is 2.30. The molecule has 2 N–H and O–H groups in total. The molecule has 0 unspecified atom stereocenters. The van der Waals surface area contributed by atoms with Crippen LogP contribution in [0.1, 0.15) is 22.3 Å². The van der Waals surface area contributed by atoms with E-state index in [2.05, 4.69) is 5.48 Å². The van der Waals surface area contributed by atoms with Gasteiger partial charge in [-0.2, -0.15) is 13.2 Å². The van der Waals surface area contributed by atoms with E-state index in [1.165, 1.54) is 6.07 Å². The molecule has 2 aromatic rings. The van der Waals surface area contributed by atoms with Crippen molar-refractivity contribution in [1.29, 1.82) is 0 Å². The van der Waals surface area contributed by atoms with Gasteiger partial charge in [-0.1, -0.05) is 18.2 Å². The number of nitrogens with one attached hydrogen (secondary N) is 1. The van der Waals surface area contributed by atoms with E-state index in [1.807, 2.05) is 12.1 Å². The number of benzene rings is 2. The van der Waals surface area contributed by atoms with Crippen LogP contribution in [0.25, 0.3) is 0 Å². The molecule has 0 saturated carbocycles. The molecule has 0 bridgehead atoms. The fourth-order valence-electron chi connectivity index (χ4n) is 2.09. The minimum absolute atomic E-state index is 0. The van der Waals surface area contributed by atoms with E-state index < -0.39 is 11.7 Å². The monoisotopic (exact) mass is 361 g/mol. The Morgan fingerprint density at radius 1 is 1.08 bits per heavy atom. The number of hydrogen-bond donors (Lipinski definition) is 2. The number of rotatable bonds is 6. The van der Waals surface area contributed by atoms with Crippen molar-refractivity contribution >= 4 is 12.4 Å². The molecule has 0 aliphatic carbocycles. The van der Waals surface area contributed by atoms with Crippen molar-refractivity contribution in [2.75, 3.05) is 6.54 Å². The number of aromatic hydroxyl groups is 1. The Hall–Kier alpha value is -1.76. The lowest BCUT2D eigenvalue weighted by Crippen LogP contribution is -2.18. The number of phenols is 1. The normalized spacial score (nSPS) is 11.2. The Balaban J connectivity index is 0.00000288. The fourth-order valence-corrected chi connectivity index (χ4v) is 2.09. The van der Waals surface area contributed by atoms with Crippen LogP contribution in [-0.2, 0) is 24.0 Å². The summed E-state index contributed by atoms with van der Waals surface area (Å²) < 4.78 is 37.7. The maximum absolute atomic E-state index is 12.6. The lowest BCUT2D eigenvalue weighted by molar-refractivity contribution is -0.137. The highest BCUT2D eigenvalue weighted by Crippen LogP contribution is 2.30. The van der Waals surface area contributed by atoms with Crippen molar-refractivity contribution in [3.05, 3.63) is 64.7 Å². The first kappa shape index (κ1) is 20.3. The van der Waals surface area contributed by atoms with E-state index in [0.29, 0.717) is 24.1 Å². The lowest BCUT2D eigenvalue weighted by atomic mass is 10.1. The van der Waals surface area contributed by atoms with Crippen molar-refractivity contribution in [3.8, 4) is 5.75 Å². The molecule has 0 aliphatic rings. The first-order valence-electron chi connectivity index (χ1n) is 7.15. The second-order valence-corrected chi connectivity index (χ2v) is 5.24. The SMILES string of the molecule is Cc1cc(C(F)(F)F)ccc1CONCCc1ccc(O)cc1.Cl. The maximum Gasteiger partial charge on any atom is 0.416 e. The zero-order valence-corrected chi connectivity index (χ0v) is 13.9. The minimum atomic E-state index is -4.33. The van der Waals surface area contributed by atoms with Gasteiger partial charge in [0.05, 0.1) is 12.2 Å². The van der Waals surface area contributed by atoms with Crippen LogP contribution < -0.4 is 5.48 Å². The zero-order chi connectivity index (χ0) is 16.9. The van der Waals surface area contributed by atoms with Crippen molar-refractivity contribution in [3.63, 3.8) is 0 Å². The standard InChI is InChI=1S/C17H18F3NO2.ClH/c1-12-10-15(17(18,19)20)5-4-14(12)11-23-21-9-8-13-2-6-16(22)7-3-13;/h2-7,10,21-22H,8-9,11H2,1H3;1H. The molecule has 2 aromatic carbocycles. The average molecular weight is 362 g/mol. The first-order chi connectivity index (χ1) is 10.9. The summed E-state index contributed by atoms with van der Waals surface area (Å²) in [7, 11) is 0. The topological polar surface area (TPSA) is 41.5 Å². The first-order valence-corrected chi connectivity index (χ1v) is 7.15. The van der Waals surface area contributed by atoms with Crippen LogP contribution in [0.15, 0.2) is 42.5 Å². The summed E-state index contributed by atoms with van der Waals surface area (Å²) >= 11 is 0. The summed E-state index contributed by atoms with van der Waals surface area (Å²) in [5, 5.41) is 9.18. The molecule has 0 aliphatic heterocycles. The molecule has 7 heteroatoms. The van der Waals surface area contributed by atoms with Crippen LogP contribution in [0.4, 0.5) is 13.2 Å². The van der Waals surface area contributed by atoms with Gasteiger partial charge in [-0.25, -0.2) is 5.48 Å². The van der Waals surface area contributed by atoms with Gasteiger partial charge in [0.2, 0.25) is 0 Å². The Kier molecular flexibility index (Phi) is 7.54. The number of alkyl halides is 3. The van der Waals surface area contributed by atoms with Crippen LogP contribution in [0.5, 0.6) is 5.75 Å². The fraction of sp³-hybridized carbons (Fsp3) is 0.294. The molecule has 0 fully saturated rings. The number of aryl methyl sites for hydroxylation is 1. The number of phenolic OH excluding ortho intramolecular Hbond substituents is 1. The molecule has 0 atom stereocenters. The molecule has 3 nitrogen and oxygen atoms in total. The van der Waals surface area contributed by atoms with Gasteiger partial charge in [-0.3, -0.25) is 4.84 Å². The number of hydroxylamine groups is 1. The van der Waals surface area contributed by atoms with Gasteiger partial charge < -0.3 is 5.11 Å². The molecule has 0 spiro atoms. The predicted octanol–water partition coefficient (Wildman–Crippen LogP) is 4.41. The molecule has 24 heavy (non-hydrogen) atoms. The van der Waals surface area contributed by atoms with Gasteiger partial charge in [0.15, 0.2) is 0 Å². The third-order valence-corrected chi connectivity index (χ3v) is 3.45. The Labute approximate surface area is 144 Å². The highest BCUT2D eigenvalue weighted by molar-refractivity contribution is 5.85. The van der Waals surface area contributed by atoms with Crippen molar-refractivity contribution < 1.29 is 23.1 Å². The smallest absolute Gasteiger partial charge is 0.416 e. The summed E-state index contributed by atoms with van der Waals surface area (Å²) in [4.78, 5) is 5.29. The Morgan fingerprint density at radius 3 is 2.33 bits per heavy atom. The molecule has 0 saturated heterocycles.